The summed E-state index contributed by atoms with van der Waals surface area (Å²) in [5.74, 6) is 0.716. The quantitative estimate of drug-likeness (QED) is 0.0882. The molecular formula is C53H50IO4S12. The smallest absolute Gasteiger partial charge is 0.337 e. The highest BCUT2D eigenvalue weighted by atomic mass is 127. The van der Waals surface area contributed by atoms with E-state index in [1.54, 1.807) is 0 Å². The lowest BCUT2D eigenvalue weighted by molar-refractivity contribution is 0.0592. The SMILES string of the molecule is COC(=O)c1ccc(-c2c3c(c([C](c4c5c(c(I)c6c4SC(C)(C)S6)SC(C)(C)S5)c4c5c(c(-c6ccc(C(=O)OC)cc6)c6c4SC(C)(C)S6)SC(C)(C)S5)c4c2SC(C)(C)S4)SC(C)(C)S3)cc1. The fraction of sp³-hybridized carbons (Fsp3) is 0.377. The van der Waals surface area contributed by atoms with Gasteiger partial charge < -0.3 is 9.47 Å². The van der Waals surface area contributed by atoms with Gasteiger partial charge in [0.1, 0.15) is 0 Å². The summed E-state index contributed by atoms with van der Waals surface area (Å²) in [4.78, 5) is 41.9. The number of methoxy groups -OCH3 is 2. The van der Waals surface area contributed by atoms with E-state index in [1.165, 1.54) is 110 Å². The highest BCUT2D eigenvalue weighted by molar-refractivity contribution is 14.1. The van der Waals surface area contributed by atoms with Crippen molar-refractivity contribution in [1.82, 2.24) is 0 Å². The Labute approximate surface area is 477 Å². The van der Waals surface area contributed by atoms with Gasteiger partial charge in [0, 0.05) is 73.4 Å². The van der Waals surface area contributed by atoms with Gasteiger partial charge in [-0.1, -0.05) is 24.3 Å². The lowest BCUT2D eigenvalue weighted by atomic mass is 9.83. The van der Waals surface area contributed by atoms with Crippen molar-refractivity contribution in [2.75, 3.05) is 14.2 Å². The Balaban J connectivity index is 1.31. The summed E-state index contributed by atoms with van der Waals surface area (Å²) in [5.41, 5.74) is 10.0. The van der Waals surface area contributed by atoms with Crippen molar-refractivity contribution < 1.29 is 19.1 Å². The average Bonchev–Trinajstić information content (AvgIpc) is 4.10. The van der Waals surface area contributed by atoms with Gasteiger partial charge in [-0.25, -0.2) is 9.59 Å². The van der Waals surface area contributed by atoms with Gasteiger partial charge in [0.15, 0.2) is 0 Å². The maximum atomic E-state index is 12.8. The van der Waals surface area contributed by atoms with Gasteiger partial charge in [0.2, 0.25) is 0 Å². The Kier molecular flexibility index (Phi) is 13.4. The molecule has 0 saturated heterocycles. The molecule has 4 nitrogen and oxygen atoms in total. The molecule has 0 bridgehead atoms. The van der Waals surface area contributed by atoms with Gasteiger partial charge in [-0.2, -0.15) is 0 Å². The number of rotatable bonds is 7. The van der Waals surface area contributed by atoms with Crippen LogP contribution >= 0.6 is 164 Å². The number of carbonyl (C=O) groups is 2. The van der Waals surface area contributed by atoms with Crippen molar-refractivity contribution in [2.45, 2.75) is 166 Å². The summed E-state index contributed by atoms with van der Waals surface area (Å²) < 4.78 is 11.0. The first-order valence-electron chi connectivity index (χ1n) is 22.6. The van der Waals surface area contributed by atoms with Crippen LogP contribution in [0.2, 0.25) is 0 Å². The number of ether oxygens (including phenoxy) is 2. The summed E-state index contributed by atoms with van der Waals surface area (Å²) in [6, 6.07) is 16.2. The zero-order chi connectivity index (χ0) is 50.0. The van der Waals surface area contributed by atoms with Crippen LogP contribution < -0.4 is 0 Å². The molecule has 70 heavy (non-hydrogen) atoms. The molecule has 5 aromatic carbocycles. The van der Waals surface area contributed by atoms with Crippen LogP contribution in [0.15, 0.2) is 107 Å². The third-order valence-corrected chi connectivity index (χ3v) is 30.9. The first kappa shape index (κ1) is 52.0. The normalized spacial score (nSPS) is 20.7. The molecule has 0 N–H and O–H groups in total. The van der Waals surface area contributed by atoms with Crippen LogP contribution in [0.1, 0.15) is 120 Å². The number of benzene rings is 5. The maximum Gasteiger partial charge on any atom is 0.337 e. The lowest BCUT2D eigenvalue weighted by Gasteiger charge is -2.31. The van der Waals surface area contributed by atoms with Crippen LogP contribution in [0.25, 0.3) is 22.3 Å². The molecule has 6 aliphatic rings. The molecule has 17 heteroatoms. The number of carbonyl (C=O) groups excluding carboxylic acids is 2. The number of halogens is 1. The van der Waals surface area contributed by atoms with Crippen LogP contribution in [0.5, 0.6) is 0 Å². The zero-order valence-corrected chi connectivity index (χ0v) is 53.0. The van der Waals surface area contributed by atoms with Crippen molar-refractivity contribution in [3.05, 3.63) is 85.8 Å². The monoisotopic (exact) mass is 1260 g/mol. The molecule has 6 aliphatic heterocycles. The molecule has 0 fully saturated rings. The summed E-state index contributed by atoms with van der Waals surface area (Å²) >= 11 is 26.9. The minimum absolute atomic E-state index is 0.0609. The third-order valence-electron chi connectivity index (χ3n) is 12.0. The van der Waals surface area contributed by atoms with Gasteiger partial charge in [-0.3, -0.25) is 0 Å². The van der Waals surface area contributed by atoms with Crippen molar-refractivity contribution >= 4 is 176 Å². The Morgan fingerprint density at radius 1 is 0.357 bits per heavy atom. The molecule has 6 heterocycles. The molecule has 0 aliphatic carbocycles. The molecule has 0 amide bonds. The Morgan fingerprint density at radius 2 is 0.571 bits per heavy atom. The fourth-order valence-electron chi connectivity index (χ4n) is 9.55. The number of fused-ring (bicyclic) bond motifs is 6. The minimum atomic E-state index is -0.326. The van der Waals surface area contributed by atoms with Crippen LogP contribution in [-0.2, 0) is 9.47 Å². The van der Waals surface area contributed by atoms with E-state index in [4.69, 9.17) is 9.47 Å². The van der Waals surface area contributed by atoms with Gasteiger partial charge >= 0.3 is 11.9 Å². The average molecular weight is 1260 g/mol. The fourth-order valence-corrected chi connectivity index (χ4v) is 28.7. The summed E-state index contributed by atoms with van der Waals surface area (Å²) in [6.07, 6.45) is 0. The van der Waals surface area contributed by atoms with Crippen molar-refractivity contribution in [1.29, 1.82) is 0 Å². The molecule has 0 aromatic heterocycles. The second-order valence-corrected chi connectivity index (χ2v) is 42.5. The minimum Gasteiger partial charge on any atom is -0.465 e. The van der Waals surface area contributed by atoms with Crippen LogP contribution in [-0.4, -0.2) is 50.6 Å². The van der Waals surface area contributed by atoms with Crippen LogP contribution in [0, 0.1) is 9.49 Å². The number of thioether (sulfide) groups is 12. The maximum absolute atomic E-state index is 12.8. The molecule has 365 valence electrons. The second kappa shape index (κ2) is 18.0. The van der Waals surface area contributed by atoms with Gasteiger partial charge in [-0.15, -0.1) is 141 Å². The predicted octanol–water partition coefficient (Wildman–Crippen LogP) is 19.8. The predicted molar refractivity (Wildman–Crippen MR) is 321 cm³/mol. The number of hydrogen-bond acceptors (Lipinski definition) is 16. The second-order valence-electron chi connectivity index (χ2n) is 20.3. The van der Waals surface area contributed by atoms with Crippen molar-refractivity contribution in [2.24, 2.45) is 0 Å². The molecule has 0 saturated carbocycles. The van der Waals surface area contributed by atoms with Gasteiger partial charge in [0.05, 0.1) is 55.7 Å². The van der Waals surface area contributed by atoms with Crippen molar-refractivity contribution in [3.63, 3.8) is 0 Å². The topological polar surface area (TPSA) is 52.6 Å². The van der Waals surface area contributed by atoms with E-state index in [9.17, 15) is 9.59 Å². The Bertz CT molecular complexity index is 2850. The van der Waals surface area contributed by atoms with E-state index in [0.29, 0.717) is 11.1 Å². The summed E-state index contributed by atoms with van der Waals surface area (Å²) in [5, 5.41) is 0. The van der Waals surface area contributed by atoms with Crippen LogP contribution in [0.4, 0.5) is 0 Å². The van der Waals surface area contributed by atoms with Gasteiger partial charge in [-0.05, 0) is 158 Å². The summed E-state index contributed by atoms with van der Waals surface area (Å²) in [6.45, 7) is 28.7. The van der Waals surface area contributed by atoms with E-state index in [2.05, 4.69) is 153 Å². The van der Waals surface area contributed by atoms with Crippen LogP contribution in [0.3, 0.4) is 0 Å². The molecule has 5 aromatic rings. The zero-order valence-electron chi connectivity index (χ0n) is 41.0. The van der Waals surface area contributed by atoms with E-state index in [-0.39, 0.29) is 36.4 Å². The first-order valence-corrected chi connectivity index (χ1v) is 33.5. The van der Waals surface area contributed by atoms with E-state index in [1.807, 2.05) is 142 Å². The molecule has 0 atom stereocenters. The largest absolute Gasteiger partial charge is 0.465 e. The lowest BCUT2D eigenvalue weighted by Crippen LogP contribution is -2.15. The molecule has 0 spiro atoms. The Morgan fingerprint density at radius 3 is 0.814 bits per heavy atom. The highest BCUT2D eigenvalue weighted by Gasteiger charge is 2.53. The molecule has 0 unspecified atom stereocenters. The van der Waals surface area contributed by atoms with E-state index >= 15 is 0 Å². The molecule has 11 rings (SSSR count). The number of hydrogen-bond donors (Lipinski definition) is 0. The van der Waals surface area contributed by atoms with E-state index < -0.39 is 0 Å². The Hall–Kier alpha value is -0.0300. The first-order chi connectivity index (χ1) is 32.7. The highest BCUT2D eigenvalue weighted by Crippen LogP contribution is 2.75. The standard InChI is InChI=1S/C53H50IO4S12/c1-48(2)59-34-27(23-15-19-25(20-16-23)46(55)57-13)35-39(64-49(3,4)60-35)30(38(34)63-48)29(32-42-44(69-52(9,10)67-42)33(54)45-43(32)68-53(11,12)70-45)31-40-36(61-50(5,6)65-40)28(37-41(31)66-51(7,8)62-37)24-17-21-26(22-18-24)47(56)58-14/h15-22H,1-14H3. The van der Waals surface area contributed by atoms with Gasteiger partial charge in [0.25, 0.3) is 0 Å². The third kappa shape index (κ3) is 9.01. The molecule has 1 radical (unpaired) electrons. The molecular weight excluding hydrogens is 1210 g/mol. The van der Waals surface area contributed by atoms with Crippen molar-refractivity contribution in [3.8, 4) is 22.3 Å². The van der Waals surface area contributed by atoms with E-state index in [0.717, 1.165) is 11.1 Å². The summed E-state index contributed by atoms with van der Waals surface area (Å²) in [7, 11) is 2.89. The number of esters is 2.